The molecule has 1 aliphatic heterocycles. The summed E-state index contributed by atoms with van der Waals surface area (Å²) in [5.74, 6) is 0.648. The highest BCUT2D eigenvalue weighted by atomic mass is 16.5. The second-order valence-corrected chi connectivity index (χ2v) is 6.57. The number of fused-ring (bicyclic) bond motifs is 1. The molecule has 6 nitrogen and oxygen atoms in total. The maximum Gasteiger partial charge on any atom is 0.252 e. The topological polar surface area (TPSA) is 87.3 Å². The molecule has 1 atom stereocenters. The molecule has 0 spiro atoms. The van der Waals surface area contributed by atoms with Crippen LogP contribution in [0.25, 0.3) is 0 Å². The second kappa shape index (κ2) is 5.39. The number of aromatic nitrogens is 1. The van der Waals surface area contributed by atoms with Crippen LogP contribution in [0.5, 0.6) is 5.75 Å². The van der Waals surface area contributed by atoms with Gasteiger partial charge in [-0.05, 0) is 38.1 Å². The number of aliphatic hydroxyl groups is 1. The lowest BCUT2D eigenvalue weighted by atomic mass is 9.84. The predicted molar refractivity (Wildman–Crippen MR) is 89.8 cm³/mol. The van der Waals surface area contributed by atoms with Crippen molar-refractivity contribution in [3.05, 3.63) is 58.0 Å². The van der Waals surface area contributed by atoms with Gasteiger partial charge in [-0.25, -0.2) is 0 Å². The van der Waals surface area contributed by atoms with E-state index >= 15 is 0 Å². The van der Waals surface area contributed by atoms with Crippen molar-refractivity contribution < 1.29 is 9.84 Å². The Bertz CT molecular complexity index is 895. The Labute approximate surface area is 139 Å². The average molecular weight is 325 g/mol. The van der Waals surface area contributed by atoms with Crippen LogP contribution in [0.1, 0.15) is 25.0 Å². The highest BCUT2D eigenvalue weighted by Crippen LogP contribution is 2.40. The first-order valence-electron chi connectivity index (χ1n) is 7.63. The van der Waals surface area contributed by atoms with Gasteiger partial charge in [-0.1, -0.05) is 0 Å². The minimum absolute atomic E-state index is 0.176. The summed E-state index contributed by atoms with van der Waals surface area (Å²) >= 11 is 0. The van der Waals surface area contributed by atoms with Gasteiger partial charge in [0.2, 0.25) is 0 Å². The monoisotopic (exact) mass is 325 g/mol. The molecule has 2 N–H and O–H groups in total. The molecule has 24 heavy (non-hydrogen) atoms. The van der Waals surface area contributed by atoms with Gasteiger partial charge in [0.25, 0.3) is 5.56 Å². The van der Waals surface area contributed by atoms with E-state index in [0.29, 0.717) is 17.0 Å². The van der Waals surface area contributed by atoms with Crippen LogP contribution in [0, 0.1) is 11.3 Å². The fourth-order valence-electron chi connectivity index (χ4n) is 2.79. The molecule has 1 aliphatic rings. The second-order valence-electron chi connectivity index (χ2n) is 6.57. The minimum Gasteiger partial charge on any atom is -0.483 e. The average Bonchev–Trinajstić information content (AvgIpc) is 2.51. The molecule has 1 aromatic carbocycles. The van der Waals surface area contributed by atoms with Crippen LogP contribution in [0.3, 0.4) is 0 Å². The Balaban J connectivity index is 1.99. The number of pyridine rings is 1. The molecule has 2 aromatic rings. The third-order valence-corrected chi connectivity index (χ3v) is 4.45. The summed E-state index contributed by atoms with van der Waals surface area (Å²) in [5.41, 5.74) is -0.780. The van der Waals surface area contributed by atoms with Gasteiger partial charge in [-0.15, -0.1) is 0 Å². The summed E-state index contributed by atoms with van der Waals surface area (Å²) in [6.45, 7) is 3.56. The van der Waals surface area contributed by atoms with E-state index in [-0.39, 0.29) is 12.0 Å². The molecular weight excluding hydrogens is 306 g/mol. The van der Waals surface area contributed by atoms with Crippen LogP contribution in [0.4, 0.5) is 5.69 Å². The lowest BCUT2D eigenvalue weighted by molar-refractivity contribution is -0.108. The summed E-state index contributed by atoms with van der Waals surface area (Å²) in [5, 5.41) is 23.3. The molecule has 0 bridgehead atoms. The van der Waals surface area contributed by atoms with E-state index in [4.69, 9.17) is 10.00 Å². The summed E-state index contributed by atoms with van der Waals surface area (Å²) in [4.78, 5) is 11.8. The van der Waals surface area contributed by atoms with Crippen LogP contribution in [0.2, 0.25) is 0 Å². The van der Waals surface area contributed by atoms with Gasteiger partial charge < -0.3 is 19.7 Å². The fraction of sp³-hybridized carbons (Fsp3) is 0.333. The number of aryl methyl sites for hydroxylation is 1. The third-order valence-electron chi connectivity index (χ3n) is 4.45. The quantitative estimate of drug-likeness (QED) is 0.822. The summed E-state index contributed by atoms with van der Waals surface area (Å²) < 4.78 is 7.41. The molecular formula is C18H19N3O3. The summed E-state index contributed by atoms with van der Waals surface area (Å²) in [7, 11) is 1.66. The SMILES string of the molecule is Cn1ccc(N[C@]2(O)Cc3cc(C#N)ccc3OC2(C)C)cc1=O. The van der Waals surface area contributed by atoms with Gasteiger partial charge in [-0.3, -0.25) is 4.79 Å². The number of hydrogen-bond donors (Lipinski definition) is 2. The third kappa shape index (κ3) is 2.63. The van der Waals surface area contributed by atoms with Crippen molar-refractivity contribution in [2.45, 2.75) is 31.6 Å². The van der Waals surface area contributed by atoms with Crippen molar-refractivity contribution >= 4 is 5.69 Å². The maximum atomic E-state index is 11.8. The van der Waals surface area contributed by atoms with Crippen LogP contribution >= 0.6 is 0 Å². The van der Waals surface area contributed by atoms with Gasteiger partial charge >= 0.3 is 0 Å². The molecule has 0 aliphatic carbocycles. The summed E-state index contributed by atoms with van der Waals surface area (Å²) in [6.07, 6.45) is 1.88. The largest absolute Gasteiger partial charge is 0.483 e. The van der Waals surface area contributed by atoms with E-state index in [2.05, 4.69) is 11.4 Å². The molecule has 2 heterocycles. The predicted octanol–water partition coefficient (Wildman–Crippen LogP) is 1.77. The zero-order valence-electron chi connectivity index (χ0n) is 13.8. The van der Waals surface area contributed by atoms with Gasteiger partial charge in [0.15, 0.2) is 11.3 Å². The Morgan fingerprint density at radius 2 is 2.08 bits per heavy atom. The molecule has 0 amide bonds. The lowest BCUT2D eigenvalue weighted by Crippen LogP contribution is -2.62. The first-order valence-corrected chi connectivity index (χ1v) is 7.63. The van der Waals surface area contributed by atoms with Crippen molar-refractivity contribution in [3.8, 4) is 11.8 Å². The summed E-state index contributed by atoms with van der Waals surface area (Å²) in [6, 6.07) is 10.4. The molecule has 0 unspecified atom stereocenters. The Kier molecular flexibility index (Phi) is 3.61. The molecule has 3 rings (SSSR count). The molecule has 0 saturated carbocycles. The van der Waals surface area contributed by atoms with E-state index in [1.54, 1.807) is 51.4 Å². The Hall–Kier alpha value is -2.78. The number of nitriles is 1. The highest BCUT2D eigenvalue weighted by Gasteiger charge is 2.49. The number of benzene rings is 1. The number of rotatable bonds is 2. The first-order chi connectivity index (χ1) is 11.2. The van der Waals surface area contributed by atoms with Crippen LogP contribution in [0.15, 0.2) is 41.3 Å². The van der Waals surface area contributed by atoms with E-state index < -0.39 is 11.3 Å². The normalized spacial score (nSPS) is 21.3. The van der Waals surface area contributed by atoms with Crippen molar-refractivity contribution in [1.29, 1.82) is 5.26 Å². The zero-order chi connectivity index (χ0) is 17.5. The number of nitrogens with zero attached hydrogens (tertiary/aromatic N) is 2. The van der Waals surface area contributed by atoms with E-state index in [0.717, 1.165) is 5.56 Å². The Morgan fingerprint density at radius 1 is 1.33 bits per heavy atom. The van der Waals surface area contributed by atoms with Crippen molar-refractivity contribution in [2.24, 2.45) is 7.05 Å². The molecule has 124 valence electrons. The van der Waals surface area contributed by atoms with Gasteiger partial charge in [0.1, 0.15) is 5.75 Å². The van der Waals surface area contributed by atoms with Gasteiger partial charge in [-0.2, -0.15) is 5.26 Å². The standard InChI is InChI=1S/C18H19N3O3/c1-17(2)18(23,20-14-6-7-21(3)16(22)9-14)10-13-8-12(11-19)4-5-15(13)24-17/h4-9,20,23H,10H2,1-3H3/t18-/m0/s1. The highest BCUT2D eigenvalue weighted by molar-refractivity contribution is 5.49. The van der Waals surface area contributed by atoms with Crippen LogP contribution in [-0.2, 0) is 13.5 Å². The molecule has 1 aromatic heterocycles. The molecule has 0 fully saturated rings. The lowest BCUT2D eigenvalue weighted by Gasteiger charge is -2.47. The molecule has 0 saturated heterocycles. The maximum absolute atomic E-state index is 11.8. The number of ether oxygens (including phenoxy) is 1. The number of anilines is 1. The van der Waals surface area contributed by atoms with Gasteiger partial charge in [0, 0.05) is 37.0 Å². The first kappa shape index (κ1) is 16.1. The van der Waals surface area contributed by atoms with Crippen LogP contribution < -0.4 is 15.6 Å². The van der Waals surface area contributed by atoms with Crippen molar-refractivity contribution in [2.75, 3.05) is 5.32 Å². The molecule has 0 radical (unpaired) electrons. The number of hydrogen-bond acceptors (Lipinski definition) is 5. The van der Waals surface area contributed by atoms with Crippen molar-refractivity contribution in [1.82, 2.24) is 4.57 Å². The van der Waals surface area contributed by atoms with Crippen molar-refractivity contribution in [3.63, 3.8) is 0 Å². The van der Waals surface area contributed by atoms with E-state index in [9.17, 15) is 9.90 Å². The minimum atomic E-state index is -1.43. The van der Waals surface area contributed by atoms with E-state index in [1.807, 2.05) is 0 Å². The van der Waals surface area contributed by atoms with Crippen LogP contribution in [-0.4, -0.2) is 21.0 Å². The number of nitrogens with one attached hydrogen (secondary N) is 1. The fourth-order valence-corrected chi connectivity index (χ4v) is 2.79. The smallest absolute Gasteiger partial charge is 0.252 e. The zero-order valence-corrected chi connectivity index (χ0v) is 13.8. The Morgan fingerprint density at radius 3 is 2.75 bits per heavy atom. The molecule has 6 heteroatoms. The van der Waals surface area contributed by atoms with E-state index in [1.165, 1.54) is 10.6 Å². The van der Waals surface area contributed by atoms with Gasteiger partial charge in [0.05, 0.1) is 11.6 Å².